The third-order valence-electron chi connectivity index (χ3n) is 2.75. The van der Waals surface area contributed by atoms with Crippen LogP contribution in [0.1, 0.15) is 49.2 Å². The van der Waals surface area contributed by atoms with Crippen LogP contribution in [0.3, 0.4) is 0 Å². The summed E-state index contributed by atoms with van der Waals surface area (Å²) in [4.78, 5) is 4.71. The van der Waals surface area contributed by atoms with E-state index in [0.717, 1.165) is 6.54 Å². The van der Waals surface area contributed by atoms with Crippen LogP contribution in [0.4, 0.5) is 0 Å². The predicted octanol–water partition coefficient (Wildman–Crippen LogP) is 2.73. The molecule has 0 saturated carbocycles. The summed E-state index contributed by atoms with van der Waals surface area (Å²) in [6.07, 6.45) is 2.59. The maximum absolute atomic E-state index is 4.71. The van der Waals surface area contributed by atoms with Gasteiger partial charge in [0.25, 0.3) is 0 Å². The van der Waals surface area contributed by atoms with Gasteiger partial charge in [0.1, 0.15) is 0 Å². The molecular formula is C11H18N2S. The standard InChI is InChI=1S/C11H18N2S/c1-8(2)11-13-10(7-14-11)9-4-3-5-12-6-9/h7-9,12H,3-6H2,1-2H3. The van der Waals surface area contributed by atoms with Gasteiger partial charge in [-0.1, -0.05) is 13.8 Å². The second-order valence-corrected chi connectivity index (χ2v) is 5.20. The van der Waals surface area contributed by atoms with Crippen molar-refractivity contribution in [3.05, 3.63) is 16.1 Å². The molecule has 2 heterocycles. The number of thiazole rings is 1. The average Bonchev–Trinajstić information content (AvgIpc) is 2.68. The van der Waals surface area contributed by atoms with Crippen LogP contribution in [0.5, 0.6) is 0 Å². The van der Waals surface area contributed by atoms with Gasteiger partial charge in [0.15, 0.2) is 0 Å². The van der Waals surface area contributed by atoms with Gasteiger partial charge in [0.05, 0.1) is 10.7 Å². The normalized spacial score (nSPS) is 22.9. The number of nitrogens with zero attached hydrogens (tertiary/aromatic N) is 1. The lowest BCUT2D eigenvalue weighted by molar-refractivity contribution is 0.455. The summed E-state index contributed by atoms with van der Waals surface area (Å²) in [7, 11) is 0. The number of aromatic nitrogens is 1. The van der Waals surface area contributed by atoms with Crippen LogP contribution < -0.4 is 5.32 Å². The zero-order chi connectivity index (χ0) is 9.97. The van der Waals surface area contributed by atoms with E-state index >= 15 is 0 Å². The number of hydrogen-bond donors (Lipinski definition) is 1. The Morgan fingerprint density at radius 2 is 2.43 bits per heavy atom. The highest BCUT2D eigenvalue weighted by Crippen LogP contribution is 2.27. The Hall–Kier alpha value is -0.410. The first kappa shape index (κ1) is 10.1. The van der Waals surface area contributed by atoms with Gasteiger partial charge in [-0.2, -0.15) is 0 Å². The highest BCUT2D eigenvalue weighted by Gasteiger charge is 2.18. The molecule has 0 amide bonds. The molecule has 2 rings (SSSR count). The SMILES string of the molecule is CC(C)c1nc(C2CCCNC2)cs1. The molecule has 1 aliphatic rings. The van der Waals surface area contributed by atoms with Gasteiger partial charge in [-0.3, -0.25) is 0 Å². The van der Waals surface area contributed by atoms with Crippen molar-refractivity contribution >= 4 is 11.3 Å². The monoisotopic (exact) mass is 210 g/mol. The molecule has 0 radical (unpaired) electrons. The molecule has 0 aromatic carbocycles. The minimum absolute atomic E-state index is 0.574. The van der Waals surface area contributed by atoms with Gasteiger partial charge in [0, 0.05) is 23.8 Å². The Labute approximate surface area is 89.8 Å². The van der Waals surface area contributed by atoms with E-state index in [-0.39, 0.29) is 0 Å². The fourth-order valence-corrected chi connectivity index (χ4v) is 2.77. The summed E-state index contributed by atoms with van der Waals surface area (Å²) in [5.74, 6) is 1.23. The zero-order valence-corrected chi connectivity index (χ0v) is 9.73. The first-order valence-corrected chi connectivity index (χ1v) is 6.31. The zero-order valence-electron chi connectivity index (χ0n) is 8.92. The Kier molecular flexibility index (Phi) is 3.19. The lowest BCUT2D eigenvalue weighted by Crippen LogP contribution is -2.28. The molecule has 14 heavy (non-hydrogen) atoms. The van der Waals surface area contributed by atoms with Crippen molar-refractivity contribution in [3.63, 3.8) is 0 Å². The molecule has 0 bridgehead atoms. The predicted molar refractivity (Wildman–Crippen MR) is 61.0 cm³/mol. The number of rotatable bonds is 2. The molecule has 0 spiro atoms. The fraction of sp³-hybridized carbons (Fsp3) is 0.727. The minimum Gasteiger partial charge on any atom is -0.316 e. The van der Waals surface area contributed by atoms with Crippen LogP contribution in [0, 0.1) is 0 Å². The Morgan fingerprint density at radius 3 is 3.00 bits per heavy atom. The Bertz CT molecular complexity index is 287. The highest BCUT2D eigenvalue weighted by molar-refractivity contribution is 7.09. The van der Waals surface area contributed by atoms with E-state index in [4.69, 9.17) is 4.98 Å². The second kappa shape index (κ2) is 4.41. The molecule has 1 aliphatic heterocycles. The minimum atomic E-state index is 0.574. The molecule has 78 valence electrons. The number of piperidine rings is 1. The molecule has 0 aliphatic carbocycles. The lowest BCUT2D eigenvalue weighted by atomic mass is 9.97. The van der Waals surface area contributed by atoms with Crippen molar-refractivity contribution in [2.45, 2.75) is 38.5 Å². The van der Waals surface area contributed by atoms with Crippen molar-refractivity contribution in [3.8, 4) is 0 Å². The maximum Gasteiger partial charge on any atom is 0.0953 e. The molecule has 1 atom stereocenters. The topological polar surface area (TPSA) is 24.9 Å². The smallest absolute Gasteiger partial charge is 0.0953 e. The lowest BCUT2D eigenvalue weighted by Gasteiger charge is -2.20. The van der Waals surface area contributed by atoms with E-state index in [1.54, 1.807) is 0 Å². The van der Waals surface area contributed by atoms with E-state index < -0.39 is 0 Å². The van der Waals surface area contributed by atoms with E-state index in [2.05, 4.69) is 24.5 Å². The van der Waals surface area contributed by atoms with E-state index in [0.29, 0.717) is 11.8 Å². The summed E-state index contributed by atoms with van der Waals surface area (Å²) >= 11 is 1.81. The van der Waals surface area contributed by atoms with Gasteiger partial charge in [0.2, 0.25) is 0 Å². The van der Waals surface area contributed by atoms with Crippen molar-refractivity contribution in [1.29, 1.82) is 0 Å². The summed E-state index contributed by atoms with van der Waals surface area (Å²) in [6, 6.07) is 0. The van der Waals surface area contributed by atoms with E-state index in [1.807, 2.05) is 11.3 Å². The van der Waals surface area contributed by atoms with Gasteiger partial charge in [-0.15, -0.1) is 11.3 Å². The third-order valence-corrected chi connectivity index (χ3v) is 3.91. The summed E-state index contributed by atoms with van der Waals surface area (Å²) < 4.78 is 0. The van der Waals surface area contributed by atoms with Crippen LogP contribution in [0.15, 0.2) is 5.38 Å². The van der Waals surface area contributed by atoms with Gasteiger partial charge in [-0.25, -0.2) is 4.98 Å². The summed E-state index contributed by atoms with van der Waals surface area (Å²) in [6.45, 7) is 6.71. The van der Waals surface area contributed by atoms with Crippen molar-refractivity contribution in [2.75, 3.05) is 13.1 Å². The average molecular weight is 210 g/mol. The van der Waals surface area contributed by atoms with Crippen LogP contribution in [-0.2, 0) is 0 Å². The maximum atomic E-state index is 4.71. The summed E-state index contributed by atoms with van der Waals surface area (Å²) in [5.41, 5.74) is 1.31. The summed E-state index contributed by atoms with van der Waals surface area (Å²) in [5, 5.41) is 6.96. The molecule has 1 aromatic heterocycles. The van der Waals surface area contributed by atoms with Crippen LogP contribution in [0.25, 0.3) is 0 Å². The molecule has 2 nitrogen and oxygen atoms in total. The van der Waals surface area contributed by atoms with E-state index in [9.17, 15) is 0 Å². The molecule has 1 saturated heterocycles. The number of nitrogens with one attached hydrogen (secondary N) is 1. The molecular weight excluding hydrogens is 192 g/mol. The molecule has 1 aromatic rings. The van der Waals surface area contributed by atoms with Gasteiger partial charge in [-0.05, 0) is 19.4 Å². The number of hydrogen-bond acceptors (Lipinski definition) is 3. The Morgan fingerprint density at radius 1 is 1.57 bits per heavy atom. The Balaban J connectivity index is 2.07. The third kappa shape index (κ3) is 2.15. The molecule has 1 unspecified atom stereocenters. The molecule has 3 heteroatoms. The largest absolute Gasteiger partial charge is 0.316 e. The second-order valence-electron chi connectivity index (χ2n) is 4.31. The first-order valence-electron chi connectivity index (χ1n) is 5.43. The molecule has 1 N–H and O–H groups in total. The van der Waals surface area contributed by atoms with Gasteiger partial charge < -0.3 is 5.32 Å². The van der Waals surface area contributed by atoms with Crippen LogP contribution in [-0.4, -0.2) is 18.1 Å². The van der Waals surface area contributed by atoms with Gasteiger partial charge >= 0.3 is 0 Å². The van der Waals surface area contributed by atoms with Crippen LogP contribution in [0.2, 0.25) is 0 Å². The van der Waals surface area contributed by atoms with Crippen molar-refractivity contribution in [2.24, 2.45) is 0 Å². The van der Waals surface area contributed by atoms with E-state index in [1.165, 1.54) is 30.1 Å². The fourth-order valence-electron chi connectivity index (χ4n) is 1.86. The van der Waals surface area contributed by atoms with Crippen molar-refractivity contribution in [1.82, 2.24) is 10.3 Å². The van der Waals surface area contributed by atoms with Crippen molar-refractivity contribution < 1.29 is 0 Å². The first-order chi connectivity index (χ1) is 6.77. The quantitative estimate of drug-likeness (QED) is 0.812. The van der Waals surface area contributed by atoms with Crippen LogP contribution >= 0.6 is 11.3 Å². The molecule has 1 fully saturated rings. The highest BCUT2D eigenvalue weighted by atomic mass is 32.1.